The number of hydrogen-bond acceptors (Lipinski definition) is 4. The van der Waals surface area contributed by atoms with E-state index in [0.29, 0.717) is 19.2 Å². The number of ether oxygens (including phenoxy) is 2. The fourth-order valence-corrected chi connectivity index (χ4v) is 3.16. The second-order valence-electron chi connectivity index (χ2n) is 7.85. The number of guanidine groups is 1. The van der Waals surface area contributed by atoms with Gasteiger partial charge in [0, 0.05) is 44.8 Å². The molecule has 29 heavy (non-hydrogen) atoms. The van der Waals surface area contributed by atoms with Gasteiger partial charge in [0.05, 0.1) is 13.2 Å². The third-order valence-electron chi connectivity index (χ3n) is 4.97. The van der Waals surface area contributed by atoms with Gasteiger partial charge in [-0.05, 0) is 31.7 Å². The standard InChI is InChI=1S/C22H38N4O2.HI/c1-18(2)9-10-19(3)25-22(23-4)24-17-20-7-5-6-8-21(20)28-16-13-26-11-14-27-15-12-26;/h5-8,18-19H,9-17H2,1-4H3,(H2,23,24,25);1H. The molecular weight excluding hydrogens is 479 g/mol. The molecule has 0 aliphatic carbocycles. The lowest BCUT2D eigenvalue weighted by Gasteiger charge is -2.26. The summed E-state index contributed by atoms with van der Waals surface area (Å²) in [5.41, 5.74) is 1.14. The maximum atomic E-state index is 6.07. The summed E-state index contributed by atoms with van der Waals surface area (Å²) in [7, 11) is 1.81. The highest BCUT2D eigenvalue weighted by atomic mass is 127. The Morgan fingerprint density at radius 1 is 1.17 bits per heavy atom. The molecule has 2 N–H and O–H groups in total. The maximum Gasteiger partial charge on any atom is 0.191 e. The van der Waals surface area contributed by atoms with Crippen molar-refractivity contribution < 1.29 is 9.47 Å². The number of morpholine rings is 1. The van der Waals surface area contributed by atoms with Crippen LogP contribution in [0.3, 0.4) is 0 Å². The summed E-state index contributed by atoms with van der Waals surface area (Å²) < 4.78 is 11.5. The summed E-state index contributed by atoms with van der Waals surface area (Å²) in [5, 5.41) is 6.89. The number of hydrogen-bond donors (Lipinski definition) is 2. The summed E-state index contributed by atoms with van der Waals surface area (Å²) >= 11 is 0. The molecule has 1 saturated heterocycles. The third-order valence-corrected chi connectivity index (χ3v) is 4.97. The monoisotopic (exact) mass is 518 g/mol. The lowest BCUT2D eigenvalue weighted by Crippen LogP contribution is -2.42. The van der Waals surface area contributed by atoms with Crippen molar-refractivity contribution in [3.05, 3.63) is 29.8 Å². The van der Waals surface area contributed by atoms with E-state index in [0.717, 1.165) is 62.5 Å². The molecule has 1 aliphatic heterocycles. The zero-order chi connectivity index (χ0) is 20.2. The van der Waals surface area contributed by atoms with Gasteiger partial charge in [-0.25, -0.2) is 0 Å². The Balaban J connectivity index is 0.00000420. The van der Waals surface area contributed by atoms with Crippen LogP contribution in [0.25, 0.3) is 0 Å². The van der Waals surface area contributed by atoms with E-state index in [1.807, 2.05) is 25.2 Å². The lowest BCUT2D eigenvalue weighted by atomic mass is 10.0. The highest BCUT2D eigenvalue weighted by Gasteiger charge is 2.11. The second-order valence-corrected chi connectivity index (χ2v) is 7.85. The van der Waals surface area contributed by atoms with Gasteiger partial charge in [-0.1, -0.05) is 32.0 Å². The minimum Gasteiger partial charge on any atom is -0.492 e. The van der Waals surface area contributed by atoms with Gasteiger partial charge >= 0.3 is 0 Å². The van der Waals surface area contributed by atoms with Gasteiger partial charge in [-0.3, -0.25) is 9.89 Å². The van der Waals surface area contributed by atoms with E-state index in [2.05, 4.69) is 47.4 Å². The van der Waals surface area contributed by atoms with Crippen LogP contribution in [0.5, 0.6) is 5.75 Å². The summed E-state index contributed by atoms with van der Waals surface area (Å²) in [6.07, 6.45) is 2.35. The van der Waals surface area contributed by atoms with Crippen LogP contribution in [0.1, 0.15) is 39.2 Å². The van der Waals surface area contributed by atoms with Crippen molar-refractivity contribution in [2.24, 2.45) is 10.9 Å². The van der Waals surface area contributed by atoms with Crippen LogP contribution in [-0.2, 0) is 11.3 Å². The molecule has 0 radical (unpaired) electrons. The van der Waals surface area contributed by atoms with E-state index in [-0.39, 0.29) is 24.0 Å². The first-order valence-corrected chi connectivity index (χ1v) is 10.6. The summed E-state index contributed by atoms with van der Waals surface area (Å²) in [6, 6.07) is 8.61. The van der Waals surface area contributed by atoms with Gasteiger partial charge in [0.15, 0.2) is 5.96 Å². The van der Waals surface area contributed by atoms with Crippen LogP contribution in [0.15, 0.2) is 29.3 Å². The molecule has 1 unspecified atom stereocenters. The average Bonchev–Trinajstić information content (AvgIpc) is 2.71. The van der Waals surface area contributed by atoms with Crippen molar-refractivity contribution >= 4 is 29.9 Å². The molecule has 7 heteroatoms. The third kappa shape index (κ3) is 10.5. The number of aliphatic imine (C=N–C) groups is 1. The molecular formula is C22H39IN4O2. The topological polar surface area (TPSA) is 58.1 Å². The van der Waals surface area contributed by atoms with E-state index >= 15 is 0 Å². The molecule has 0 spiro atoms. The van der Waals surface area contributed by atoms with E-state index in [1.165, 1.54) is 6.42 Å². The zero-order valence-corrected chi connectivity index (χ0v) is 20.8. The molecule has 1 atom stereocenters. The van der Waals surface area contributed by atoms with Crippen molar-refractivity contribution in [1.29, 1.82) is 0 Å². The van der Waals surface area contributed by atoms with Crippen LogP contribution >= 0.6 is 24.0 Å². The Labute approximate surface area is 193 Å². The van der Waals surface area contributed by atoms with Crippen molar-refractivity contribution in [2.75, 3.05) is 46.5 Å². The molecule has 1 aromatic carbocycles. The number of nitrogens with one attached hydrogen (secondary N) is 2. The number of halogens is 1. The van der Waals surface area contributed by atoms with Crippen molar-refractivity contribution in [3.63, 3.8) is 0 Å². The van der Waals surface area contributed by atoms with Crippen LogP contribution < -0.4 is 15.4 Å². The molecule has 1 fully saturated rings. The number of benzene rings is 1. The smallest absolute Gasteiger partial charge is 0.191 e. The maximum absolute atomic E-state index is 6.07. The first-order valence-electron chi connectivity index (χ1n) is 10.6. The SMILES string of the molecule is CN=C(NCc1ccccc1OCCN1CCOCC1)NC(C)CCC(C)C.I. The van der Waals surface area contributed by atoms with E-state index < -0.39 is 0 Å². The quantitative estimate of drug-likeness (QED) is 0.282. The fourth-order valence-electron chi connectivity index (χ4n) is 3.16. The van der Waals surface area contributed by atoms with Crippen molar-refractivity contribution in [3.8, 4) is 5.75 Å². The molecule has 1 heterocycles. The summed E-state index contributed by atoms with van der Waals surface area (Å²) in [5.74, 6) is 2.49. The molecule has 0 aromatic heterocycles. The Morgan fingerprint density at radius 2 is 1.90 bits per heavy atom. The molecule has 0 saturated carbocycles. The van der Waals surface area contributed by atoms with Crippen molar-refractivity contribution in [1.82, 2.24) is 15.5 Å². The highest BCUT2D eigenvalue weighted by Crippen LogP contribution is 2.17. The van der Waals surface area contributed by atoms with E-state index in [4.69, 9.17) is 9.47 Å². The van der Waals surface area contributed by atoms with Gasteiger partial charge in [0.1, 0.15) is 12.4 Å². The Hall–Kier alpha value is -1.06. The molecule has 2 rings (SSSR count). The Bertz CT molecular complexity index is 592. The van der Waals surface area contributed by atoms with Gasteiger partial charge in [0.2, 0.25) is 0 Å². The molecule has 1 aromatic rings. The van der Waals surface area contributed by atoms with Crippen molar-refractivity contribution in [2.45, 2.75) is 46.2 Å². The fraction of sp³-hybridized carbons (Fsp3) is 0.682. The molecule has 0 bridgehead atoms. The van der Waals surface area contributed by atoms with Gasteiger partial charge in [-0.2, -0.15) is 0 Å². The lowest BCUT2D eigenvalue weighted by molar-refractivity contribution is 0.0322. The first-order chi connectivity index (χ1) is 13.6. The minimum atomic E-state index is 0. The minimum absolute atomic E-state index is 0. The van der Waals surface area contributed by atoms with Crippen LogP contribution in [-0.4, -0.2) is 63.4 Å². The first kappa shape index (κ1) is 26.0. The Morgan fingerprint density at radius 3 is 2.59 bits per heavy atom. The largest absolute Gasteiger partial charge is 0.492 e. The normalized spacial score (nSPS) is 16.2. The molecule has 6 nitrogen and oxygen atoms in total. The average molecular weight is 518 g/mol. The molecule has 0 amide bonds. The van der Waals surface area contributed by atoms with Crippen LogP contribution in [0.2, 0.25) is 0 Å². The predicted octanol–water partition coefficient (Wildman–Crippen LogP) is 3.51. The number of nitrogens with zero attached hydrogens (tertiary/aromatic N) is 2. The second kappa shape index (κ2) is 14.8. The summed E-state index contributed by atoms with van der Waals surface area (Å²) in [4.78, 5) is 6.74. The van der Waals surface area contributed by atoms with E-state index in [1.54, 1.807) is 0 Å². The number of rotatable bonds is 10. The van der Waals surface area contributed by atoms with Crippen LogP contribution in [0.4, 0.5) is 0 Å². The zero-order valence-electron chi connectivity index (χ0n) is 18.4. The Kier molecular flexibility index (Phi) is 13.3. The molecule has 1 aliphatic rings. The predicted molar refractivity (Wildman–Crippen MR) is 131 cm³/mol. The van der Waals surface area contributed by atoms with E-state index in [9.17, 15) is 0 Å². The van der Waals surface area contributed by atoms with Gasteiger partial charge in [-0.15, -0.1) is 24.0 Å². The number of para-hydroxylation sites is 1. The van der Waals surface area contributed by atoms with Gasteiger partial charge < -0.3 is 20.1 Å². The highest BCUT2D eigenvalue weighted by molar-refractivity contribution is 14.0. The van der Waals surface area contributed by atoms with Crippen LogP contribution in [0, 0.1) is 5.92 Å². The molecule has 166 valence electrons. The van der Waals surface area contributed by atoms with Gasteiger partial charge in [0.25, 0.3) is 0 Å². The summed E-state index contributed by atoms with van der Waals surface area (Å²) in [6.45, 7) is 12.7.